The van der Waals surface area contributed by atoms with Gasteiger partial charge in [-0.3, -0.25) is 4.57 Å². The number of ether oxygens (including phenoxy) is 1. The molecule has 0 amide bonds. The molecule has 3 rings (SSSR count). The van der Waals surface area contributed by atoms with E-state index in [9.17, 15) is 8.42 Å². The van der Waals surface area contributed by atoms with Crippen molar-refractivity contribution in [2.45, 2.75) is 45.2 Å². The molecule has 0 fully saturated rings. The standard InChI is InChI=1S/C22H27Cl2N5O3S/c1-5-28(6-2)16-9-8-10-17(13-16)32-22-26-25-21(29(22)7-3)15(4)27-33(30,31)18-11-12-19(23)20(24)14-18/h8-15,27H,5-7H2,1-4H3/t15-/m1/s1. The van der Waals surface area contributed by atoms with Gasteiger partial charge in [-0.15, -0.1) is 5.10 Å². The van der Waals surface area contributed by atoms with Crippen LogP contribution in [0.4, 0.5) is 5.69 Å². The van der Waals surface area contributed by atoms with Crippen molar-refractivity contribution in [1.29, 1.82) is 0 Å². The third kappa shape index (κ3) is 5.78. The molecule has 0 saturated carbocycles. The number of hydrogen-bond acceptors (Lipinski definition) is 6. The zero-order chi connectivity index (χ0) is 24.2. The zero-order valence-electron chi connectivity index (χ0n) is 18.9. The van der Waals surface area contributed by atoms with Gasteiger partial charge in [0.2, 0.25) is 10.0 Å². The van der Waals surface area contributed by atoms with Crippen LogP contribution in [-0.2, 0) is 16.6 Å². The van der Waals surface area contributed by atoms with E-state index in [-0.39, 0.29) is 21.0 Å². The van der Waals surface area contributed by atoms with Crippen LogP contribution in [0.5, 0.6) is 11.8 Å². The number of nitrogens with one attached hydrogen (secondary N) is 1. The minimum atomic E-state index is -3.86. The number of benzene rings is 2. The lowest BCUT2D eigenvalue weighted by Crippen LogP contribution is -2.29. The second-order valence-corrected chi connectivity index (χ2v) is 9.80. The molecule has 0 aliphatic carbocycles. The average molecular weight is 512 g/mol. The molecule has 0 aliphatic heterocycles. The lowest BCUT2D eigenvalue weighted by Gasteiger charge is -2.21. The lowest BCUT2D eigenvalue weighted by molar-refractivity contribution is 0.408. The SMILES string of the molecule is CCN(CC)c1cccc(Oc2nnc([C@@H](C)NS(=O)(=O)c3ccc(Cl)c(Cl)c3)n2CC)c1. The minimum absolute atomic E-state index is 0.0102. The van der Waals surface area contributed by atoms with Crippen molar-refractivity contribution in [2.75, 3.05) is 18.0 Å². The van der Waals surface area contributed by atoms with E-state index in [0.717, 1.165) is 18.8 Å². The molecular weight excluding hydrogens is 485 g/mol. The Morgan fingerprint density at radius 1 is 1.06 bits per heavy atom. The molecule has 8 nitrogen and oxygen atoms in total. The molecular formula is C22H27Cl2N5O3S. The summed E-state index contributed by atoms with van der Waals surface area (Å²) in [6, 6.07) is 11.5. The van der Waals surface area contributed by atoms with Crippen LogP contribution in [0.2, 0.25) is 10.0 Å². The highest BCUT2D eigenvalue weighted by Crippen LogP contribution is 2.28. The fourth-order valence-electron chi connectivity index (χ4n) is 3.43. The number of nitrogens with zero attached hydrogens (tertiary/aromatic N) is 4. The molecule has 178 valence electrons. The van der Waals surface area contributed by atoms with Gasteiger partial charge in [-0.05, 0) is 58.0 Å². The molecule has 1 aromatic heterocycles. The molecule has 0 aliphatic rings. The average Bonchev–Trinajstić information content (AvgIpc) is 3.19. The van der Waals surface area contributed by atoms with Gasteiger partial charge in [-0.2, -0.15) is 0 Å². The Balaban J connectivity index is 1.83. The van der Waals surface area contributed by atoms with Gasteiger partial charge in [0.15, 0.2) is 5.82 Å². The first-order valence-electron chi connectivity index (χ1n) is 10.6. The molecule has 3 aromatic rings. The largest absolute Gasteiger partial charge is 0.424 e. The van der Waals surface area contributed by atoms with Crippen molar-refractivity contribution in [3.8, 4) is 11.8 Å². The molecule has 1 atom stereocenters. The van der Waals surface area contributed by atoms with Crippen molar-refractivity contribution >= 4 is 38.9 Å². The minimum Gasteiger partial charge on any atom is -0.424 e. The van der Waals surface area contributed by atoms with Crippen molar-refractivity contribution in [3.63, 3.8) is 0 Å². The van der Waals surface area contributed by atoms with E-state index in [4.69, 9.17) is 27.9 Å². The summed E-state index contributed by atoms with van der Waals surface area (Å²) < 4.78 is 36.0. The summed E-state index contributed by atoms with van der Waals surface area (Å²) in [7, 11) is -3.86. The predicted octanol–water partition coefficient (Wildman–Crippen LogP) is 5.28. The maximum Gasteiger partial charge on any atom is 0.322 e. The van der Waals surface area contributed by atoms with Crippen LogP contribution in [0, 0.1) is 0 Å². The maximum atomic E-state index is 12.8. The molecule has 33 heavy (non-hydrogen) atoms. The van der Waals surface area contributed by atoms with E-state index in [1.165, 1.54) is 18.2 Å². The Labute approximate surface area is 204 Å². The molecule has 1 N–H and O–H groups in total. The number of rotatable bonds is 10. The van der Waals surface area contributed by atoms with Gasteiger partial charge in [0, 0.05) is 31.4 Å². The fraction of sp³-hybridized carbons (Fsp3) is 0.364. The van der Waals surface area contributed by atoms with Crippen molar-refractivity contribution in [1.82, 2.24) is 19.5 Å². The number of hydrogen-bond donors (Lipinski definition) is 1. The van der Waals surface area contributed by atoms with Crippen LogP contribution in [0.15, 0.2) is 47.4 Å². The molecule has 11 heteroatoms. The predicted molar refractivity (Wildman–Crippen MR) is 131 cm³/mol. The molecule has 0 unspecified atom stereocenters. The Kier molecular flexibility index (Phi) is 8.23. The topological polar surface area (TPSA) is 89.3 Å². The van der Waals surface area contributed by atoms with E-state index in [1.54, 1.807) is 11.5 Å². The summed E-state index contributed by atoms with van der Waals surface area (Å²) in [4.78, 5) is 2.22. The van der Waals surface area contributed by atoms with Crippen molar-refractivity contribution in [2.24, 2.45) is 0 Å². The molecule has 1 heterocycles. The van der Waals surface area contributed by atoms with Crippen molar-refractivity contribution in [3.05, 3.63) is 58.3 Å². The first-order valence-corrected chi connectivity index (χ1v) is 12.9. The first-order chi connectivity index (χ1) is 15.7. The van der Waals surface area contributed by atoms with E-state index < -0.39 is 16.1 Å². The fourth-order valence-corrected chi connectivity index (χ4v) is 5.02. The quantitative estimate of drug-likeness (QED) is 0.398. The summed E-state index contributed by atoms with van der Waals surface area (Å²) >= 11 is 11.9. The van der Waals surface area contributed by atoms with E-state index in [1.807, 2.05) is 31.2 Å². The Morgan fingerprint density at radius 3 is 2.42 bits per heavy atom. The van der Waals surface area contributed by atoms with Crippen LogP contribution >= 0.6 is 23.2 Å². The monoisotopic (exact) mass is 511 g/mol. The third-order valence-electron chi connectivity index (χ3n) is 5.14. The Morgan fingerprint density at radius 2 is 1.79 bits per heavy atom. The van der Waals surface area contributed by atoms with E-state index in [0.29, 0.717) is 18.1 Å². The first kappa shape index (κ1) is 25.3. The molecule has 2 aromatic carbocycles. The van der Waals surface area contributed by atoms with Crippen LogP contribution in [-0.4, -0.2) is 36.3 Å². The number of anilines is 1. The maximum absolute atomic E-state index is 12.8. The smallest absolute Gasteiger partial charge is 0.322 e. The number of sulfonamides is 1. The summed E-state index contributed by atoms with van der Waals surface area (Å²) in [5, 5.41) is 8.77. The van der Waals surface area contributed by atoms with Crippen LogP contribution in [0.1, 0.15) is 39.6 Å². The second-order valence-electron chi connectivity index (χ2n) is 7.28. The van der Waals surface area contributed by atoms with Crippen molar-refractivity contribution < 1.29 is 13.2 Å². The molecule has 0 spiro atoms. The highest BCUT2D eigenvalue weighted by atomic mass is 35.5. The summed E-state index contributed by atoms with van der Waals surface area (Å²) in [5.74, 6) is 1.05. The summed E-state index contributed by atoms with van der Waals surface area (Å²) in [5.41, 5.74) is 1.04. The lowest BCUT2D eigenvalue weighted by atomic mass is 10.2. The van der Waals surface area contributed by atoms with Gasteiger partial charge in [0.25, 0.3) is 0 Å². The van der Waals surface area contributed by atoms with Crippen LogP contribution < -0.4 is 14.4 Å². The van der Waals surface area contributed by atoms with Gasteiger partial charge in [-0.25, -0.2) is 13.1 Å². The van der Waals surface area contributed by atoms with Gasteiger partial charge < -0.3 is 9.64 Å². The van der Waals surface area contributed by atoms with Crippen LogP contribution in [0.25, 0.3) is 0 Å². The highest BCUT2D eigenvalue weighted by Gasteiger charge is 2.24. The summed E-state index contributed by atoms with van der Waals surface area (Å²) in [6.07, 6.45) is 0. The van der Waals surface area contributed by atoms with Gasteiger partial charge in [0.05, 0.1) is 21.0 Å². The van der Waals surface area contributed by atoms with Gasteiger partial charge in [0.1, 0.15) is 5.75 Å². The molecule has 0 bridgehead atoms. The Hall–Kier alpha value is -2.33. The third-order valence-corrected chi connectivity index (χ3v) is 7.42. The molecule has 0 saturated heterocycles. The van der Waals surface area contributed by atoms with E-state index >= 15 is 0 Å². The van der Waals surface area contributed by atoms with Gasteiger partial charge in [-0.1, -0.05) is 34.4 Å². The second kappa shape index (κ2) is 10.7. The molecule has 0 radical (unpaired) electrons. The van der Waals surface area contributed by atoms with Crippen LogP contribution in [0.3, 0.4) is 0 Å². The zero-order valence-corrected chi connectivity index (χ0v) is 21.2. The van der Waals surface area contributed by atoms with E-state index in [2.05, 4.69) is 33.7 Å². The Bertz CT molecular complexity index is 1210. The normalized spacial score (nSPS) is 12.5. The number of halogens is 2. The highest BCUT2D eigenvalue weighted by molar-refractivity contribution is 7.89. The number of aromatic nitrogens is 3. The summed E-state index contributed by atoms with van der Waals surface area (Å²) in [6.45, 7) is 10.0. The van der Waals surface area contributed by atoms with Gasteiger partial charge >= 0.3 is 6.01 Å².